The molecule has 0 saturated heterocycles. The van der Waals surface area contributed by atoms with E-state index in [4.69, 9.17) is 0 Å². The summed E-state index contributed by atoms with van der Waals surface area (Å²) in [6.45, 7) is 3.75. The maximum atomic E-state index is 12.8. The van der Waals surface area contributed by atoms with Crippen molar-refractivity contribution in [1.29, 1.82) is 0 Å². The molecule has 0 aliphatic carbocycles. The number of hydrogen-bond acceptors (Lipinski definition) is 4. The molecule has 0 fully saturated rings. The minimum atomic E-state index is -0.669. The maximum absolute atomic E-state index is 12.8. The Bertz CT molecular complexity index is 443. The summed E-state index contributed by atoms with van der Waals surface area (Å²) in [5, 5.41) is 3.01. The molecule has 4 nitrogen and oxygen atoms in total. The Morgan fingerprint density at radius 3 is 2.32 bits per heavy atom. The van der Waals surface area contributed by atoms with Crippen LogP contribution in [0.2, 0.25) is 0 Å². The quantitative estimate of drug-likeness (QED) is 0.632. The largest absolute Gasteiger partial charge is 0.469 e. The summed E-state index contributed by atoms with van der Waals surface area (Å²) in [6.07, 6.45) is -0.0507. The normalized spacial score (nSPS) is 12.3. The Balaban J connectivity index is 2.86. The number of benzene rings is 1. The van der Waals surface area contributed by atoms with Gasteiger partial charge in [-0.25, -0.2) is 4.39 Å². The third kappa shape index (κ3) is 4.79. The maximum Gasteiger partial charge on any atom is 0.307 e. The SMILES string of the molecule is COC(=O)CC(NC(C)C)C(=O)c1ccc(F)cc1. The van der Waals surface area contributed by atoms with Crippen molar-refractivity contribution in [2.45, 2.75) is 32.4 Å². The van der Waals surface area contributed by atoms with E-state index in [1.54, 1.807) is 0 Å². The topological polar surface area (TPSA) is 55.4 Å². The molecule has 1 N–H and O–H groups in total. The number of carbonyl (C=O) groups is 2. The summed E-state index contributed by atoms with van der Waals surface area (Å²) in [7, 11) is 1.27. The monoisotopic (exact) mass is 267 g/mol. The van der Waals surface area contributed by atoms with Crippen LogP contribution in [-0.2, 0) is 9.53 Å². The molecule has 1 rings (SSSR count). The van der Waals surface area contributed by atoms with E-state index in [0.717, 1.165) is 0 Å². The summed E-state index contributed by atoms with van der Waals surface area (Å²) in [4.78, 5) is 23.6. The summed E-state index contributed by atoms with van der Waals surface area (Å²) >= 11 is 0. The highest BCUT2D eigenvalue weighted by Gasteiger charge is 2.24. The molecular weight excluding hydrogens is 249 g/mol. The molecule has 0 aromatic heterocycles. The first-order chi connectivity index (χ1) is 8.93. The second-order valence-electron chi connectivity index (χ2n) is 4.53. The lowest BCUT2D eigenvalue weighted by Crippen LogP contribution is -2.42. The molecule has 1 atom stereocenters. The summed E-state index contributed by atoms with van der Waals surface area (Å²) in [5.41, 5.74) is 0.364. The number of nitrogens with one attached hydrogen (secondary N) is 1. The summed E-state index contributed by atoms with van der Waals surface area (Å²) in [5.74, 6) is -1.12. The standard InChI is InChI=1S/C14H18FNO3/c1-9(2)16-12(8-13(17)19-3)14(18)10-4-6-11(15)7-5-10/h4-7,9,12,16H,8H2,1-3H3. The first kappa shape index (κ1) is 15.3. The minimum Gasteiger partial charge on any atom is -0.469 e. The molecule has 19 heavy (non-hydrogen) atoms. The van der Waals surface area contributed by atoms with Crippen molar-refractivity contribution >= 4 is 11.8 Å². The van der Waals surface area contributed by atoms with Crippen molar-refractivity contribution in [2.75, 3.05) is 7.11 Å². The van der Waals surface area contributed by atoms with Crippen LogP contribution >= 0.6 is 0 Å². The number of carbonyl (C=O) groups excluding carboxylic acids is 2. The highest BCUT2D eigenvalue weighted by molar-refractivity contribution is 6.01. The Morgan fingerprint density at radius 2 is 1.84 bits per heavy atom. The van der Waals surface area contributed by atoms with Crippen LogP contribution < -0.4 is 5.32 Å². The number of methoxy groups -OCH3 is 1. The molecule has 5 heteroatoms. The van der Waals surface area contributed by atoms with E-state index >= 15 is 0 Å². The van der Waals surface area contributed by atoms with Gasteiger partial charge in [0, 0.05) is 11.6 Å². The predicted octanol–water partition coefficient (Wildman–Crippen LogP) is 1.94. The zero-order chi connectivity index (χ0) is 14.4. The molecular formula is C14H18FNO3. The third-order valence-corrected chi connectivity index (χ3v) is 2.58. The Kier molecular flexibility index (Phi) is 5.63. The summed E-state index contributed by atoms with van der Waals surface area (Å²) < 4.78 is 17.4. The van der Waals surface area contributed by atoms with Gasteiger partial charge < -0.3 is 10.1 Å². The van der Waals surface area contributed by atoms with Crippen LogP contribution in [0.5, 0.6) is 0 Å². The van der Waals surface area contributed by atoms with Gasteiger partial charge in [-0.1, -0.05) is 13.8 Å². The van der Waals surface area contributed by atoms with Gasteiger partial charge in [-0.2, -0.15) is 0 Å². The fourth-order valence-electron chi connectivity index (χ4n) is 1.70. The lowest BCUT2D eigenvalue weighted by Gasteiger charge is -2.19. The fourth-order valence-corrected chi connectivity index (χ4v) is 1.70. The Labute approximate surface area is 112 Å². The molecule has 0 heterocycles. The molecule has 0 saturated carbocycles. The number of Topliss-reactive ketones (excluding diaryl/α,β-unsaturated/α-hetero) is 1. The van der Waals surface area contributed by atoms with Crippen molar-refractivity contribution in [3.63, 3.8) is 0 Å². The van der Waals surface area contributed by atoms with E-state index in [1.165, 1.54) is 31.4 Å². The lowest BCUT2D eigenvalue weighted by atomic mass is 10.0. The zero-order valence-electron chi connectivity index (χ0n) is 11.3. The molecule has 104 valence electrons. The van der Waals surface area contributed by atoms with Crippen molar-refractivity contribution in [3.8, 4) is 0 Å². The molecule has 0 amide bonds. The second-order valence-corrected chi connectivity index (χ2v) is 4.53. The van der Waals surface area contributed by atoms with E-state index in [1.807, 2.05) is 13.8 Å². The van der Waals surface area contributed by atoms with Crippen LogP contribution in [0.1, 0.15) is 30.6 Å². The van der Waals surface area contributed by atoms with Gasteiger partial charge in [-0.15, -0.1) is 0 Å². The Hall–Kier alpha value is -1.75. The summed E-state index contributed by atoms with van der Waals surface area (Å²) in [6, 6.07) is 4.63. The van der Waals surface area contributed by atoms with E-state index in [2.05, 4.69) is 10.1 Å². The van der Waals surface area contributed by atoms with Gasteiger partial charge in [-0.05, 0) is 24.3 Å². The third-order valence-electron chi connectivity index (χ3n) is 2.58. The van der Waals surface area contributed by atoms with Crippen LogP contribution in [0.3, 0.4) is 0 Å². The molecule has 1 aromatic carbocycles. The van der Waals surface area contributed by atoms with E-state index in [-0.39, 0.29) is 18.2 Å². The van der Waals surface area contributed by atoms with Gasteiger partial charge in [0.25, 0.3) is 0 Å². The molecule has 0 spiro atoms. The fraction of sp³-hybridized carbons (Fsp3) is 0.429. The van der Waals surface area contributed by atoms with Crippen molar-refractivity contribution in [1.82, 2.24) is 5.32 Å². The highest BCUT2D eigenvalue weighted by Crippen LogP contribution is 2.09. The van der Waals surface area contributed by atoms with Gasteiger partial charge in [-0.3, -0.25) is 9.59 Å². The Morgan fingerprint density at radius 1 is 1.26 bits per heavy atom. The number of ketones is 1. The highest BCUT2D eigenvalue weighted by atomic mass is 19.1. The van der Waals surface area contributed by atoms with Crippen LogP contribution in [-0.4, -0.2) is 30.9 Å². The molecule has 0 aliphatic heterocycles. The number of halogens is 1. The zero-order valence-corrected chi connectivity index (χ0v) is 11.3. The van der Waals surface area contributed by atoms with E-state index < -0.39 is 17.8 Å². The van der Waals surface area contributed by atoms with E-state index in [0.29, 0.717) is 5.56 Å². The first-order valence-electron chi connectivity index (χ1n) is 6.06. The first-order valence-corrected chi connectivity index (χ1v) is 6.06. The van der Waals surface area contributed by atoms with Crippen molar-refractivity contribution in [3.05, 3.63) is 35.6 Å². The predicted molar refractivity (Wildman–Crippen MR) is 69.4 cm³/mol. The second kappa shape index (κ2) is 6.99. The van der Waals surface area contributed by atoms with Crippen molar-refractivity contribution < 1.29 is 18.7 Å². The molecule has 0 aliphatic rings. The van der Waals surface area contributed by atoms with Crippen molar-refractivity contribution in [2.24, 2.45) is 0 Å². The average Bonchev–Trinajstić information content (AvgIpc) is 2.37. The molecule has 0 radical (unpaired) electrons. The van der Waals surface area contributed by atoms with Gasteiger partial charge in [0.2, 0.25) is 0 Å². The van der Waals surface area contributed by atoms with Gasteiger partial charge in [0.05, 0.1) is 19.6 Å². The number of esters is 1. The van der Waals surface area contributed by atoms with Gasteiger partial charge in [0.1, 0.15) is 5.82 Å². The van der Waals surface area contributed by atoms with Gasteiger partial charge >= 0.3 is 5.97 Å². The minimum absolute atomic E-state index is 0.0408. The number of rotatable bonds is 6. The molecule has 1 unspecified atom stereocenters. The van der Waals surface area contributed by atoms with Crippen LogP contribution in [0.4, 0.5) is 4.39 Å². The van der Waals surface area contributed by atoms with Crippen LogP contribution in [0.15, 0.2) is 24.3 Å². The molecule has 1 aromatic rings. The lowest BCUT2D eigenvalue weighted by molar-refractivity contribution is -0.141. The number of ether oxygens (including phenoxy) is 1. The van der Waals surface area contributed by atoms with Gasteiger partial charge in [0.15, 0.2) is 5.78 Å². The van der Waals surface area contributed by atoms with Crippen LogP contribution in [0.25, 0.3) is 0 Å². The van der Waals surface area contributed by atoms with E-state index in [9.17, 15) is 14.0 Å². The smallest absolute Gasteiger partial charge is 0.307 e. The molecule has 0 bridgehead atoms. The number of hydrogen-bond donors (Lipinski definition) is 1. The van der Waals surface area contributed by atoms with Crippen LogP contribution in [0, 0.1) is 5.82 Å². The average molecular weight is 267 g/mol.